The summed E-state index contributed by atoms with van der Waals surface area (Å²) in [6.07, 6.45) is 4.91. The number of hydrogen-bond donors (Lipinski definition) is 0. The zero-order valence-corrected chi connectivity index (χ0v) is 18.3. The van der Waals surface area contributed by atoms with E-state index < -0.39 is 0 Å². The van der Waals surface area contributed by atoms with Gasteiger partial charge in [-0.2, -0.15) is 0 Å². The third-order valence-electron chi connectivity index (χ3n) is 6.35. The van der Waals surface area contributed by atoms with E-state index in [0.717, 1.165) is 55.9 Å². The predicted molar refractivity (Wildman–Crippen MR) is 124 cm³/mol. The van der Waals surface area contributed by atoms with Crippen molar-refractivity contribution >= 4 is 21.9 Å². The van der Waals surface area contributed by atoms with E-state index in [2.05, 4.69) is 54.0 Å². The van der Waals surface area contributed by atoms with Crippen molar-refractivity contribution in [2.45, 2.75) is 32.7 Å². The predicted octanol–water partition coefficient (Wildman–Crippen LogP) is 5.18. The van der Waals surface area contributed by atoms with Gasteiger partial charge in [0.1, 0.15) is 11.3 Å². The van der Waals surface area contributed by atoms with E-state index in [4.69, 9.17) is 19.4 Å². The largest absolute Gasteiger partial charge is 0.384 e. The molecular formula is C26H29N3O2. The first-order valence-corrected chi connectivity index (χ1v) is 11.1. The van der Waals surface area contributed by atoms with E-state index in [1.807, 2.05) is 6.20 Å². The van der Waals surface area contributed by atoms with E-state index in [0.29, 0.717) is 12.5 Å². The van der Waals surface area contributed by atoms with Crippen LogP contribution in [0, 0.1) is 12.8 Å². The second-order valence-corrected chi connectivity index (χ2v) is 8.53. The molecule has 0 aliphatic carbocycles. The Morgan fingerprint density at radius 1 is 1.03 bits per heavy atom. The number of methoxy groups -OCH3 is 1. The lowest BCUT2D eigenvalue weighted by Gasteiger charge is -2.23. The molecule has 1 saturated heterocycles. The third kappa shape index (κ3) is 4.08. The van der Waals surface area contributed by atoms with Gasteiger partial charge in [0.2, 0.25) is 0 Å². The molecule has 0 saturated carbocycles. The van der Waals surface area contributed by atoms with Crippen LogP contribution in [0.2, 0.25) is 0 Å². The molecule has 0 bridgehead atoms. The Morgan fingerprint density at radius 3 is 2.58 bits per heavy atom. The standard InChI is InChI=1S/C26H29N3O2/c1-18-3-5-20(6-4-18)21-7-8-23-22(15-21)26-24(16-27-23)28-25(11-12-30-2)29(26)17-19-9-13-31-14-10-19/h3-8,15-16,19H,9-14,17H2,1-2H3. The quantitative estimate of drug-likeness (QED) is 0.436. The van der Waals surface area contributed by atoms with Crippen LogP contribution in [-0.2, 0) is 22.4 Å². The van der Waals surface area contributed by atoms with Gasteiger partial charge in [0.15, 0.2) is 0 Å². The van der Waals surface area contributed by atoms with Crippen LogP contribution in [0.3, 0.4) is 0 Å². The van der Waals surface area contributed by atoms with Crippen molar-refractivity contribution < 1.29 is 9.47 Å². The highest BCUT2D eigenvalue weighted by Crippen LogP contribution is 2.31. The molecule has 5 nitrogen and oxygen atoms in total. The maximum Gasteiger partial charge on any atom is 0.112 e. The first kappa shape index (κ1) is 20.2. The van der Waals surface area contributed by atoms with Crippen LogP contribution in [0.4, 0.5) is 0 Å². The molecule has 0 spiro atoms. The highest BCUT2D eigenvalue weighted by molar-refractivity contribution is 6.04. The summed E-state index contributed by atoms with van der Waals surface area (Å²) in [5.74, 6) is 1.69. The lowest BCUT2D eigenvalue weighted by atomic mass is 9.99. The minimum absolute atomic E-state index is 0.607. The first-order valence-electron chi connectivity index (χ1n) is 11.1. The molecular weight excluding hydrogens is 386 g/mol. The molecule has 1 aliphatic rings. The van der Waals surface area contributed by atoms with Gasteiger partial charge >= 0.3 is 0 Å². The summed E-state index contributed by atoms with van der Waals surface area (Å²) in [4.78, 5) is 9.68. The van der Waals surface area contributed by atoms with Gasteiger partial charge in [0, 0.05) is 38.7 Å². The Morgan fingerprint density at radius 2 is 1.81 bits per heavy atom. The van der Waals surface area contributed by atoms with Gasteiger partial charge in [-0.3, -0.25) is 4.98 Å². The topological polar surface area (TPSA) is 49.2 Å². The molecule has 160 valence electrons. The molecule has 1 aliphatic heterocycles. The van der Waals surface area contributed by atoms with E-state index in [9.17, 15) is 0 Å². The molecule has 1 fully saturated rings. The highest BCUT2D eigenvalue weighted by Gasteiger charge is 2.20. The molecule has 5 heteroatoms. The molecule has 0 N–H and O–H groups in total. The average molecular weight is 416 g/mol. The number of benzene rings is 2. The number of rotatable bonds is 6. The van der Waals surface area contributed by atoms with Crippen molar-refractivity contribution in [2.24, 2.45) is 5.92 Å². The summed E-state index contributed by atoms with van der Waals surface area (Å²) in [7, 11) is 1.75. The number of hydrogen-bond acceptors (Lipinski definition) is 4. The summed E-state index contributed by atoms with van der Waals surface area (Å²) in [6.45, 7) is 5.45. The zero-order valence-electron chi connectivity index (χ0n) is 18.3. The Balaban J connectivity index is 1.66. The van der Waals surface area contributed by atoms with Crippen molar-refractivity contribution in [1.82, 2.24) is 14.5 Å². The molecule has 31 heavy (non-hydrogen) atoms. The number of pyridine rings is 1. The molecule has 0 amide bonds. The number of nitrogens with zero attached hydrogens (tertiary/aromatic N) is 3. The van der Waals surface area contributed by atoms with Crippen molar-refractivity contribution in [3.8, 4) is 11.1 Å². The second-order valence-electron chi connectivity index (χ2n) is 8.53. The Hall–Kier alpha value is -2.76. The van der Waals surface area contributed by atoms with Crippen LogP contribution in [0.25, 0.3) is 33.1 Å². The highest BCUT2D eigenvalue weighted by atomic mass is 16.5. The number of ether oxygens (including phenoxy) is 2. The lowest BCUT2D eigenvalue weighted by molar-refractivity contribution is 0.0612. The zero-order chi connectivity index (χ0) is 21.2. The van der Waals surface area contributed by atoms with Crippen LogP contribution in [0.5, 0.6) is 0 Å². The van der Waals surface area contributed by atoms with Gasteiger partial charge in [0.05, 0.1) is 23.8 Å². The number of aromatic nitrogens is 3. The minimum Gasteiger partial charge on any atom is -0.384 e. The van der Waals surface area contributed by atoms with Gasteiger partial charge < -0.3 is 14.0 Å². The Labute approximate surface area is 183 Å². The monoisotopic (exact) mass is 415 g/mol. The summed E-state index contributed by atoms with van der Waals surface area (Å²) in [5.41, 5.74) is 6.86. The van der Waals surface area contributed by atoms with Crippen molar-refractivity contribution in [1.29, 1.82) is 0 Å². The average Bonchev–Trinajstić information content (AvgIpc) is 3.16. The van der Waals surface area contributed by atoms with Crippen LogP contribution in [0.1, 0.15) is 24.2 Å². The smallest absolute Gasteiger partial charge is 0.112 e. The fraction of sp³-hybridized carbons (Fsp3) is 0.385. The van der Waals surface area contributed by atoms with Gasteiger partial charge in [-0.1, -0.05) is 35.9 Å². The molecule has 4 aromatic rings. The lowest BCUT2D eigenvalue weighted by Crippen LogP contribution is -2.21. The van der Waals surface area contributed by atoms with Crippen molar-refractivity contribution in [2.75, 3.05) is 26.9 Å². The normalized spacial score (nSPS) is 15.2. The van der Waals surface area contributed by atoms with Crippen LogP contribution >= 0.6 is 0 Å². The summed E-state index contributed by atoms with van der Waals surface area (Å²) >= 11 is 0. The fourth-order valence-electron chi connectivity index (χ4n) is 4.56. The third-order valence-corrected chi connectivity index (χ3v) is 6.35. The Kier molecular flexibility index (Phi) is 5.70. The molecule has 0 radical (unpaired) electrons. The fourth-order valence-corrected chi connectivity index (χ4v) is 4.56. The van der Waals surface area contributed by atoms with Crippen LogP contribution in [0.15, 0.2) is 48.7 Å². The second kappa shape index (κ2) is 8.77. The van der Waals surface area contributed by atoms with Crippen molar-refractivity contribution in [3.63, 3.8) is 0 Å². The Bertz CT molecular complexity index is 1190. The summed E-state index contributed by atoms with van der Waals surface area (Å²) in [6, 6.07) is 15.3. The van der Waals surface area contributed by atoms with Crippen LogP contribution < -0.4 is 0 Å². The summed E-state index contributed by atoms with van der Waals surface area (Å²) in [5, 5.41) is 1.17. The van der Waals surface area contributed by atoms with E-state index in [-0.39, 0.29) is 0 Å². The van der Waals surface area contributed by atoms with Gasteiger partial charge in [-0.05, 0) is 48.9 Å². The molecule has 3 heterocycles. The number of aryl methyl sites for hydroxylation is 1. The molecule has 5 rings (SSSR count). The number of fused-ring (bicyclic) bond motifs is 3. The maximum atomic E-state index is 5.59. The number of imidazole rings is 1. The minimum atomic E-state index is 0.607. The van der Waals surface area contributed by atoms with Gasteiger partial charge in [0.25, 0.3) is 0 Å². The van der Waals surface area contributed by atoms with E-state index >= 15 is 0 Å². The van der Waals surface area contributed by atoms with E-state index in [1.165, 1.54) is 27.6 Å². The SMILES string of the molecule is COCCc1nc2cnc3ccc(-c4ccc(C)cc4)cc3c2n1CC1CCOCC1. The van der Waals surface area contributed by atoms with Gasteiger partial charge in [-0.15, -0.1) is 0 Å². The molecule has 0 atom stereocenters. The first-order chi connectivity index (χ1) is 15.2. The molecule has 0 unspecified atom stereocenters. The maximum absolute atomic E-state index is 5.59. The van der Waals surface area contributed by atoms with E-state index in [1.54, 1.807) is 7.11 Å². The van der Waals surface area contributed by atoms with Crippen molar-refractivity contribution in [3.05, 3.63) is 60.0 Å². The van der Waals surface area contributed by atoms with Gasteiger partial charge in [-0.25, -0.2) is 4.98 Å². The molecule has 2 aromatic carbocycles. The molecule has 2 aromatic heterocycles. The van der Waals surface area contributed by atoms with Crippen LogP contribution in [-0.4, -0.2) is 41.5 Å². The summed E-state index contributed by atoms with van der Waals surface area (Å²) < 4.78 is 13.4.